The third kappa shape index (κ3) is 3.09. The quantitative estimate of drug-likeness (QED) is 0.675. The molecule has 0 N–H and O–H groups in total. The fourth-order valence-electron chi connectivity index (χ4n) is 2.09. The maximum Gasteiger partial charge on any atom is 0.149 e. The van der Waals surface area contributed by atoms with Gasteiger partial charge in [-0.1, -0.05) is 19.8 Å². The first-order valence-corrected chi connectivity index (χ1v) is 5.88. The predicted molar refractivity (Wildman–Crippen MR) is 59.3 cm³/mol. The number of carbonyl (C=O) groups excluding carboxylic acids is 1. The van der Waals surface area contributed by atoms with Crippen molar-refractivity contribution in [1.29, 1.82) is 0 Å². The highest BCUT2D eigenvalue weighted by Crippen LogP contribution is 2.25. The second kappa shape index (κ2) is 5.50. The molecule has 0 aromatic heterocycles. The molecule has 82 valence electrons. The van der Waals surface area contributed by atoms with Crippen molar-refractivity contribution in [3.05, 3.63) is 0 Å². The Morgan fingerprint density at radius 1 is 1.43 bits per heavy atom. The van der Waals surface area contributed by atoms with Gasteiger partial charge in [0.15, 0.2) is 0 Å². The molecule has 0 amide bonds. The molecule has 0 spiro atoms. The lowest BCUT2D eigenvalue weighted by atomic mass is 10.0. The van der Waals surface area contributed by atoms with E-state index in [0.29, 0.717) is 24.3 Å². The Kier molecular flexibility index (Phi) is 4.59. The summed E-state index contributed by atoms with van der Waals surface area (Å²) in [6.07, 6.45) is 5.89. The highest BCUT2D eigenvalue weighted by Gasteiger charge is 2.23. The smallest absolute Gasteiger partial charge is 0.149 e. The SMILES string of the molecule is CCC(C)N(C)CC(=O)C1CCCC1. The van der Waals surface area contributed by atoms with E-state index in [1.807, 2.05) is 0 Å². The Hall–Kier alpha value is -0.370. The zero-order valence-electron chi connectivity index (χ0n) is 9.75. The van der Waals surface area contributed by atoms with Gasteiger partial charge in [-0.15, -0.1) is 0 Å². The van der Waals surface area contributed by atoms with E-state index in [2.05, 4.69) is 25.8 Å². The van der Waals surface area contributed by atoms with Gasteiger partial charge in [0.2, 0.25) is 0 Å². The fourth-order valence-corrected chi connectivity index (χ4v) is 2.09. The summed E-state index contributed by atoms with van der Waals surface area (Å²) in [5.74, 6) is 0.840. The van der Waals surface area contributed by atoms with Crippen LogP contribution in [0.3, 0.4) is 0 Å². The van der Waals surface area contributed by atoms with Crippen molar-refractivity contribution in [2.24, 2.45) is 5.92 Å². The number of Topliss-reactive ketones (excluding diaryl/α,β-unsaturated/α-hetero) is 1. The van der Waals surface area contributed by atoms with Crippen molar-refractivity contribution in [3.8, 4) is 0 Å². The van der Waals surface area contributed by atoms with Crippen LogP contribution in [0.5, 0.6) is 0 Å². The third-order valence-corrected chi connectivity index (χ3v) is 3.56. The molecule has 1 saturated carbocycles. The van der Waals surface area contributed by atoms with Gasteiger partial charge in [0.1, 0.15) is 5.78 Å². The number of carbonyl (C=O) groups is 1. The maximum absolute atomic E-state index is 11.8. The molecule has 1 fully saturated rings. The molecule has 0 bridgehead atoms. The van der Waals surface area contributed by atoms with Crippen LogP contribution < -0.4 is 0 Å². The van der Waals surface area contributed by atoms with E-state index < -0.39 is 0 Å². The van der Waals surface area contributed by atoms with Crippen molar-refractivity contribution < 1.29 is 4.79 Å². The highest BCUT2D eigenvalue weighted by molar-refractivity contribution is 5.83. The van der Waals surface area contributed by atoms with Crippen LogP contribution in [0.25, 0.3) is 0 Å². The minimum Gasteiger partial charge on any atom is -0.298 e. The van der Waals surface area contributed by atoms with Crippen LogP contribution in [0.4, 0.5) is 0 Å². The van der Waals surface area contributed by atoms with Crippen molar-refractivity contribution in [2.75, 3.05) is 13.6 Å². The third-order valence-electron chi connectivity index (χ3n) is 3.56. The summed E-state index contributed by atoms with van der Waals surface area (Å²) in [5, 5.41) is 0. The standard InChI is InChI=1S/C12H23NO/c1-4-10(2)13(3)9-12(14)11-7-5-6-8-11/h10-11H,4-9H2,1-3H3. The van der Waals surface area contributed by atoms with Crippen molar-refractivity contribution in [3.63, 3.8) is 0 Å². The van der Waals surface area contributed by atoms with Gasteiger partial charge in [-0.05, 0) is 33.2 Å². The van der Waals surface area contributed by atoms with Crippen molar-refractivity contribution in [1.82, 2.24) is 4.90 Å². The summed E-state index contributed by atoms with van der Waals surface area (Å²) in [6, 6.07) is 0.528. The summed E-state index contributed by atoms with van der Waals surface area (Å²) in [7, 11) is 2.06. The van der Waals surface area contributed by atoms with Crippen LogP contribution in [0.1, 0.15) is 46.0 Å². The van der Waals surface area contributed by atoms with Gasteiger partial charge in [-0.3, -0.25) is 9.69 Å². The van der Waals surface area contributed by atoms with E-state index in [-0.39, 0.29) is 0 Å². The summed E-state index contributed by atoms with van der Waals surface area (Å²) in [6.45, 7) is 5.00. The van der Waals surface area contributed by atoms with E-state index in [1.54, 1.807) is 0 Å². The van der Waals surface area contributed by atoms with Crippen LogP contribution in [-0.2, 0) is 4.79 Å². The topological polar surface area (TPSA) is 20.3 Å². The Labute approximate surface area is 87.7 Å². The molecule has 2 nitrogen and oxygen atoms in total. The average molecular weight is 197 g/mol. The summed E-state index contributed by atoms with van der Waals surface area (Å²) in [5.41, 5.74) is 0. The average Bonchev–Trinajstić information content (AvgIpc) is 2.69. The molecule has 2 heteroatoms. The molecule has 14 heavy (non-hydrogen) atoms. The van der Waals surface area contributed by atoms with Gasteiger partial charge >= 0.3 is 0 Å². The van der Waals surface area contributed by atoms with Crippen molar-refractivity contribution in [2.45, 2.75) is 52.0 Å². The normalized spacial score (nSPS) is 20.3. The molecule has 1 unspecified atom stereocenters. The number of hydrogen-bond acceptors (Lipinski definition) is 2. The van der Waals surface area contributed by atoms with Gasteiger partial charge in [0.05, 0.1) is 6.54 Å². The molecule has 1 rings (SSSR count). The van der Waals surface area contributed by atoms with Crippen LogP contribution in [0.15, 0.2) is 0 Å². The summed E-state index contributed by atoms with van der Waals surface area (Å²) >= 11 is 0. The number of likely N-dealkylation sites (N-methyl/N-ethyl adjacent to an activating group) is 1. The van der Waals surface area contributed by atoms with E-state index in [1.165, 1.54) is 12.8 Å². The zero-order chi connectivity index (χ0) is 10.6. The summed E-state index contributed by atoms with van der Waals surface area (Å²) < 4.78 is 0. The number of ketones is 1. The molecule has 0 aromatic carbocycles. The zero-order valence-corrected chi connectivity index (χ0v) is 9.75. The fraction of sp³-hybridized carbons (Fsp3) is 0.917. The first-order valence-electron chi connectivity index (χ1n) is 5.88. The largest absolute Gasteiger partial charge is 0.298 e. The van der Waals surface area contributed by atoms with E-state index >= 15 is 0 Å². The number of hydrogen-bond donors (Lipinski definition) is 0. The molecule has 1 aliphatic carbocycles. The molecular weight excluding hydrogens is 174 g/mol. The molecule has 0 aliphatic heterocycles. The lowest BCUT2D eigenvalue weighted by Gasteiger charge is -2.23. The maximum atomic E-state index is 11.8. The van der Waals surface area contributed by atoms with Crippen molar-refractivity contribution >= 4 is 5.78 Å². The van der Waals surface area contributed by atoms with Gasteiger partial charge < -0.3 is 0 Å². The van der Waals surface area contributed by atoms with Gasteiger partial charge in [-0.25, -0.2) is 0 Å². The van der Waals surface area contributed by atoms with Gasteiger partial charge in [-0.2, -0.15) is 0 Å². The summed E-state index contributed by atoms with van der Waals surface area (Å²) in [4.78, 5) is 14.0. The second-order valence-electron chi connectivity index (χ2n) is 4.62. The molecular formula is C12H23NO. The molecule has 0 radical (unpaired) electrons. The monoisotopic (exact) mass is 197 g/mol. The highest BCUT2D eigenvalue weighted by atomic mass is 16.1. The first kappa shape index (κ1) is 11.7. The predicted octanol–water partition coefficient (Wildman–Crippen LogP) is 2.48. The first-order chi connectivity index (χ1) is 6.65. The minimum atomic E-state index is 0.376. The van der Waals surface area contributed by atoms with Gasteiger partial charge in [0, 0.05) is 12.0 Å². The van der Waals surface area contributed by atoms with Crippen LogP contribution in [0, 0.1) is 5.92 Å². The van der Waals surface area contributed by atoms with Crippen LogP contribution in [-0.4, -0.2) is 30.3 Å². The number of rotatable bonds is 5. The Morgan fingerprint density at radius 2 is 2.00 bits per heavy atom. The number of nitrogens with zero attached hydrogens (tertiary/aromatic N) is 1. The lowest BCUT2D eigenvalue weighted by Crippen LogP contribution is -2.35. The Bertz CT molecular complexity index is 185. The van der Waals surface area contributed by atoms with Gasteiger partial charge in [0.25, 0.3) is 0 Å². The molecule has 0 aromatic rings. The minimum absolute atomic E-state index is 0.376. The van der Waals surface area contributed by atoms with Crippen LogP contribution >= 0.6 is 0 Å². The van der Waals surface area contributed by atoms with E-state index in [9.17, 15) is 4.79 Å². The van der Waals surface area contributed by atoms with E-state index in [0.717, 1.165) is 19.3 Å². The second-order valence-corrected chi connectivity index (χ2v) is 4.62. The van der Waals surface area contributed by atoms with Crippen LogP contribution in [0.2, 0.25) is 0 Å². The van der Waals surface area contributed by atoms with E-state index in [4.69, 9.17) is 0 Å². The molecule has 1 atom stereocenters. The molecule has 0 saturated heterocycles. The Morgan fingerprint density at radius 3 is 2.50 bits per heavy atom. The Balaban J connectivity index is 2.31. The molecule has 0 heterocycles. The molecule has 1 aliphatic rings. The lowest BCUT2D eigenvalue weighted by molar-refractivity contribution is -0.124.